The SMILES string of the molecule is CCOC(=O)C1=C(C)N=c2s/c(=C\c3ccc(-c4ccc(C(=O)O)cc4C)o3)c(=O)n2[C@H]1c1ccc(OC)c(OC)c1. The van der Waals surface area contributed by atoms with Crippen LogP contribution in [0.3, 0.4) is 0 Å². The molecule has 11 heteroatoms. The fraction of sp³-hybridized carbons (Fsp3) is 0.226. The van der Waals surface area contributed by atoms with Crippen molar-refractivity contribution >= 4 is 29.4 Å². The van der Waals surface area contributed by atoms with Crippen molar-refractivity contribution in [3.05, 3.63) is 102 Å². The molecular weight excluding hydrogens is 560 g/mol. The number of carbonyl (C=O) groups excluding carboxylic acids is 1. The first-order chi connectivity index (χ1) is 20.2. The van der Waals surface area contributed by atoms with Crippen LogP contribution in [0.5, 0.6) is 11.5 Å². The van der Waals surface area contributed by atoms with Crippen molar-refractivity contribution in [3.63, 3.8) is 0 Å². The second kappa shape index (κ2) is 11.5. The number of hydrogen-bond acceptors (Lipinski definition) is 9. The van der Waals surface area contributed by atoms with Crippen LogP contribution in [0.15, 0.2) is 74.0 Å². The molecule has 5 rings (SSSR count). The molecule has 0 fully saturated rings. The van der Waals surface area contributed by atoms with Crippen LogP contribution in [0.4, 0.5) is 0 Å². The van der Waals surface area contributed by atoms with Gasteiger partial charge in [0.15, 0.2) is 16.3 Å². The number of aromatic carboxylic acids is 1. The summed E-state index contributed by atoms with van der Waals surface area (Å²) in [4.78, 5) is 43.4. The van der Waals surface area contributed by atoms with E-state index in [-0.39, 0.29) is 23.3 Å². The minimum Gasteiger partial charge on any atom is -0.493 e. The molecule has 2 aromatic heterocycles. The fourth-order valence-electron chi connectivity index (χ4n) is 4.91. The maximum Gasteiger partial charge on any atom is 0.338 e. The predicted octanol–water partition coefficient (Wildman–Crippen LogP) is 4.08. The van der Waals surface area contributed by atoms with Crippen LogP contribution in [-0.4, -0.2) is 42.4 Å². The highest BCUT2D eigenvalue weighted by Crippen LogP contribution is 2.36. The number of carboxylic acid groups (broad SMARTS) is 1. The highest BCUT2D eigenvalue weighted by Gasteiger charge is 2.34. The van der Waals surface area contributed by atoms with Gasteiger partial charge in [0, 0.05) is 11.6 Å². The quantitative estimate of drug-likeness (QED) is 0.305. The number of carboxylic acids is 1. The first kappa shape index (κ1) is 28.6. The molecule has 1 aliphatic rings. The van der Waals surface area contributed by atoms with Gasteiger partial charge in [0.1, 0.15) is 11.5 Å². The van der Waals surface area contributed by atoms with Crippen molar-refractivity contribution in [2.75, 3.05) is 20.8 Å². The summed E-state index contributed by atoms with van der Waals surface area (Å²) in [6, 6.07) is 12.7. The number of ether oxygens (including phenoxy) is 3. The molecule has 42 heavy (non-hydrogen) atoms. The predicted molar refractivity (Wildman–Crippen MR) is 156 cm³/mol. The first-order valence-electron chi connectivity index (χ1n) is 13.0. The Morgan fingerprint density at radius 2 is 1.83 bits per heavy atom. The number of methoxy groups -OCH3 is 2. The van der Waals surface area contributed by atoms with Crippen molar-refractivity contribution < 1.29 is 33.3 Å². The summed E-state index contributed by atoms with van der Waals surface area (Å²) in [5.74, 6) is 0.354. The smallest absolute Gasteiger partial charge is 0.338 e. The lowest BCUT2D eigenvalue weighted by Crippen LogP contribution is -2.39. The minimum absolute atomic E-state index is 0.165. The third-order valence-corrected chi connectivity index (χ3v) is 7.86. The number of aromatic nitrogens is 1. The van der Waals surface area contributed by atoms with Crippen molar-refractivity contribution in [1.29, 1.82) is 0 Å². The van der Waals surface area contributed by atoms with E-state index in [4.69, 9.17) is 18.6 Å². The molecule has 0 bridgehead atoms. The second-order valence-electron chi connectivity index (χ2n) is 9.45. The van der Waals surface area contributed by atoms with Crippen LogP contribution in [0.25, 0.3) is 17.4 Å². The minimum atomic E-state index is -1.01. The standard InChI is InChI=1S/C31H28N2O8S/c1-6-40-30(37)26-17(3)32-31-33(27(26)18-8-11-23(38-4)24(14-18)39-5)28(34)25(42-31)15-20-9-12-22(41-20)21-10-7-19(29(35)36)13-16(21)2/h7-15,27H,6H2,1-5H3,(H,35,36)/b25-15-/t27-/m0/s1. The van der Waals surface area contributed by atoms with Crippen LogP contribution in [0.2, 0.25) is 0 Å². The zero-order valence-electron chi connectivity index (χ0n) is 23.6. The van der Waals surface area contributed by atoms with E-state index in [1.54, 1.807) is 69.3 Å². The van der Waals surface area contributed by atoms with Gasteiger partial charge in [-0.3, -0.25) is 9.36 Å². The van der Waals surface area contributed by atoms with Gasteiger partial charge in [-0.1, -0.05) is 23.5 Å². The van der Waals surface area contributed by atoms with Gasteiger partial charge in [0.2, 0.25) is 0 Å². The average Bonchev–Trinajstić information content (AvgIpc) is 3.55. The highest BCUT2D eigenvalue weighted by atomic mass is 32.1. The Kier molecular flexibility index (Phi) is 7.86. The summed E-state index contributed by atoms with van der Waals surface area (Å²) in [5, 5.41) is 9.26. The van der Waals surface area contributed by atoms with Crippen LogP contribution in [0, 0.1) is 6.92 Å². The van der Waals surface area contributed by atoms with E-state index in [9.17, 15) is 19.5 Å². The lowest BCUT2D eigenvalue weighted by Gasteiger charge is -2.25. The molecule has 0 spiro atoms. The molecule has 216 valence electrons. The van der Waals surface area contributed by atoms with Crippen molar-refractivity contribution in [2.45, 2.75) is 26.8 Å². The summed E-state index contributed by atoms with van der Waals surface area (Å²) in [6.07, 6.45) is 1.63. The van der Waals surface area contributed by atoms with Crippen LogP contribution < -0.4 is 24.4 Å². The maximum atomic E-state index is 13.9. The Morgan fingerprint density at radius 1 is 1.07 bits per heavy atom. The number of furan rings is 1. The normalized spacial score (nSPS) is 14.8. The Hall–Kier alpha value is -4.90. The highest BCUT2D eigenvalue weighted by molar-refractivity contribution is 7.07. The van der Waals surface area contributed by atoms with Crippen molar-refractivity contribution in [1.82, 2.24) is 4.57 Å². The largest absolute Gasteiger partial charge is 0.493 e. The van der Waals surface area contributed by atoms with E-state index in [0.29, 0.717) is 43.6 Å². The summed E-state index contributed by atoms with van der Waals surface area (Å²) in [6.45, 7) is 5.40. The summed E-state index contributed by atoms with van der Waals surface area (Å²) >= 11 is 1.18. The topological polar surface area (TPSA) is 130 Å². The molecule has 0 saturated carbocycles. The number of benzene rings is 2. The molecule has 0 amide bonds. The number of esters is 1. The molecule has 10 nitrogen and oxygen atoms in total. The number of hydrogen-bond donors (Lipinski definition) is 1. The van der Waals surface area contributed by atoms with Gasteiger partial charge in [0.25, 0.3) is 5.56 Å². The Labute approximate surface area is 244 Å². The van der Waals surface area contributed by atoms with Gasteiger partial charge in [-0.25, -0.2) is 14.6 Å². The van der Waals surface area contributed by atoms with Crippen molar-refractivity contribution in [3.8, 4) is 22.8 Å². The van der Waals surface area contributed by atoms with E-state index in [2.05, 4.69) is 4.99 Å². The lowest BCUT2D eigenvalue weighted by molar-refractivity contribution is -0.139. The summed E-state index contributed by atoms with van der Waals surface area (Å²) < 4.78 is 24.1. The van der Waals surface area contributed by atoms with Crippen LogP contribution in [-0.2, 0) is 9.53 Å². The number of fused-ring (bicyclic) bond motifs is 1. The molecule has 3 heterocycles. The van der Waals surface area contributed by atoms with Crippen LogP contribution >= 0.6 is 11.3 Å². The Balaban J connectivity index is 1.63. The molecule has 4 aromatic rings. The Morgan fingerprint density at radius 3 is 2.50 bits per heavy atom. The number of carbonyl (C=O) groups is 2. The molecule has 1 atom stereocenters. The third-order valence-electron chi connectivity index (χ3n) is 6.88. The van der Waals surface area contributed by atoms with Gasteiger partial charge in [-0.2, -0.15) is 0 Å². The number of thiazole rings is 1. The van der Waals surface area contributed by atoms with Gasteiger partial charge >= 0.3 is 11.9 Å². The van der Waals surface area contributed by atoms with E-state index < -0.39 is 18.0 Å². The Bertz CT molecular complexity index is 1930. The maximum absolute atomic E-state index is 13.9. The van der Waals surface area contributed by atoms with Gasteiger partial charge in [-0.15, -0.1) is 0 Å². The van der Waals surface area contributed by atoms with Crippen molar-refractivity contribution in [2.24, 2.45) is 4.99 Å². The number of rotatable bonds is 8. The molecule has 0 saturated heterocycles. The molecule has 1 N–H and O–H groups in total. The first-order valence-corrected chi connectivity index (χ1v) is 13.8. The zero-order chi connectivity index (χ0) is 30.1. The molecule has 1 aliphatic heterocycles. The molecule has 0 aliphatic carbocycles. The summed E-state index contributed by atoms with van der Waals surface area (Å²) in [5.41, 5.74) is 2.64. The molecule has 2 aromatic carbocycles. The van der Waals surface area contributed by atoms with E-state index in [1.165, 1.54) is 36.2 Å². The number of nitrogens with zero attached hydrogens (tertiary/aromatic N) is 2. The van der Waals surface area contributed by atoms with E-state index in [0.717, 1.165) is 11.1 Å². The van der Waals surface area contributed by atoms with E-state index >= 15 is 0 Å². The van der Waals surface area contributed by atoms with Gasteiger partial charge in [-0.05, 0) is 68.3 Å². The summed E-state index contributed by atoms with van der Waals surface area (Å²) in [7, 11) is 3.04. The fourth-order valence-corrected chi connectivity index (χ4v) is 5.93. The zero-order valence-corrected chi connectivity index (χ0v) is 24.4. The molecule has 0 radical (unpaired) electrons. The van der Waals surface area contributed by atoms with Crippen LogP contribution in [0.1, 0.15) is 47.1 Å². The van der Waals surface area contributed by atoms with Gasteiger partial charge in [0.05, 0.1) is 48.2 Å². The monoisotopic (exact) mass is 588 g/mol. The third kappa shape index (κ3) is 5.14. The molecule has 0 unspecified atom stereocenters. The van der Waals surface area contributed by atoms with E-state index in [1.807, 2.05) is 0 Å². The van der Waals surface area contributed by atoms with Gasteiger partial charge < -0.3 is 23.7 Å². The molecular formula is C31H28N2O8S. The number of aryl methyl sites for hydroxylation is 1. The lowest BCUT2D eigenvalue weighted by atomic mass is 9.95. The average molecular weight is 589 g/mol. The second-order valence-corrected chi connectivity index (χ2v) is 10.5. The number of allylic oxidation sites excluding steroid dienone is 1.